The van der Waals surface area contributed by atoms with Gasteiger partial charge in [0.05, 0.1) is 25.9 Å². The van der Waals surface area contributed by atoms with E-state index in [0.717, 1.165) is 32.1 Å². The Morgan fingerprint density at radius 1 is 1.28 bits per heavy atom. The van der Waals surface area contributed by atoms with Crippen molar-refractivity contribution in [3.63, 3.8) is 0 Å². The molecule has 4 atom stereocenters. The van der Waals surface area contributed by atoms with Crippen LogP contribution in [-0.2, 0) is 20.7 Å². The first-order valence-corrected chi connectivity index (χ1v) is 12.1. The minimum atomic E-state index is -0.236. The molecule has 1 aromatic rings. The molecule has 1 heterocycles. The number of nitrogens with zero attached hydrogens (tertiary/aromatic N) is 1. The predicted molar refractivity (Wildman–Crippen MR) is 125 cm³/mol. The second kappa shape index (κ2) is 11.3. The van der Waals surface area contributed by atoms with Gasteiger partial charge >= 0.3 is 0 Å². The summed E-state index contributed by atoms with van der Waals surface area (Å²) in [6.45, 7) is 5.44. The van der Waals surface area contributed by atoms with Gasteiger partial charge in [0.15, 0.2) is 0 Å². The Bertz CT molecular complexity index is 827. The summed E-state index contributed by atoms with van der Waals surface area (Å²) in [6, 6.07) is 8.68. The quantitative estimate of drug-likeness (QED) is 0.471. The molecule has 1 aliphatic heterocycles. The van der Waals surface area contributed by atoms with E-state index in [4.69, 9.17) is 9.47 Å². The number of amides is 1. The van der Waals surface area contributed by atoms with Gasteiger partial charge in [0.1, 0.15) is 6.61 Å². The van der Waals surface area contributed by atoms with Gasteiger partial charge in [-0.3, -0.25) is 4.79 Å². The number of hydrogen-bond donors (Lipinski definition) is 1. The number of ether oxygens (including phenoxy) is 2. The molecule has 1 saturated carbocycles. The monoisotopic (exact) mass is 439 g/mol. The fourth-order valence-electron chi connectivity index (χ4n) is 5.43. The molecule has 0 spiro atoms. The lowest BCUT2D eigenvalue weighted by atomic mass is 9.89. The van der Waals surface area contributed by atoms with Gasteiger partial charge in [-0.15, -0.1) is 0 Å². The predicted octanol–water partition coefficient (Wildman–Crippen LogP) is 3.69. The zero-order valence-electron chi connectivity index (χ0n) is 19.2. The fourth-order valence-corrected chi connectivity index (χ4v) is 5.43. The maximum Gasteiger partial charge on any atom is 0.248 e. The highest BCUT2D eigenvalue weighted by molar-refractivity contribution is 5.77. The van der Waals surface area contributed by atoms with E-state index in [9.17, 15) is 9.90 Å². The number of benzene rings is 1. The summed E-state index contributed by atoms with van der Waals surface area (Å²) in [5.41, 5.74) is 4.10. The maximum atomic E-state index is 12.2. The van der Waals surface area contributed by atoms with Crippen molar-refractivity contribution in [3.8, 4) is 0 Å². The summed E-state index contributed by atoms with van der Waals surface area (Å²) in [7, 11) is 0. The third-order valence-corrected chi connectivity index (χ3v) is 7.15. The summed E-state index contributed by atoms with van der Waals surface area (Å²) >= 11 is 0. The van der Waals surface area contributed by atoms with Crippen molar-refractivity contribution in [3.05, 3.63) is 59.2 Å². The van der Waals surface area contributed by atoms with Crippen molar-refractivity contribution in [1.82, 2.24) is 4.90 Å². The Hall–Kier alpha value is -1.95. The molecule has 2 fully saturated rings. The van der Waals surface area contributed by atoms with Crippen molar-refractivity contribution in [2.45, 2.75) is 45.1 Å². The molecule has 1 saturated heterocycles. The van der Waals surface area contributed by atoms with Crippen LogP contribution in [0.25, 0.3) is 0 Å². The van der Waals surface area contributed by atoms with E-state index in [2.05, 4.69) is 49.4 Å². The first kappa shape index (κ1) is 23.2. The summed E-state index contributed by atoms with van der Waals surface area (Å²) in [5.74, 6) is 1.28. The standard InChI is InChI=1S/C27H37NO4/c1-20-5-4-7-21(15-20)6-2-3-8-24-25-17-22(16-23(25)18-26(24)29)9-12-32-19-27(30)28-10-13-31-14-11-28/h3-5,7-8,15-16,23-26,29H,2,6,9-14,17-19H2,1H3/t23-,24+,25-,26+/m0/s1. The highest BCUT2D eigenvalue weighted by Crippen LogP contribution is 2.47. The lowest BCUT2D eigenvalue weighted by Gasteiger charge is -2.26. The molecule has 0 radical (unpaired) electrons. The number of hydrogen-bond acceptors (Lipinski definition) is 4. The summed E-state index contributed by atoms with van der Waals surface area (Å²) < 4.78 is 11.0. The molecule has 1 N–H and O–H groups in total. The number of aryl methyl sites for hydroxylation is 2. The van der Waals surface area contributed by atoms with Crippen LogP contribution in [0.2, 0.25) is 0 Å². The van der Waals surface area contributed by atoms with Gasteiger partial charge in [0.2, 0.25) is 5.91 Å². The summed E-state index contributed by atoms with van der Waals surface area (Å²) in [4.78, 5) is 14.0. The SMILES string of the molecule is Cc1cccc(CCC=C[C@@H]2[C@H]3CC(CCOCC(=O)N4CCOCC4)=C[C@H]3C[C@H]2O)c1. The van der Waals surface area contributed by atoms with E-state index < -0.39 is 0 Å². The van der Waals surface area contributed by atoms with E-state index in [1.807, 2.05) is 4.90 Å². The van der Waals surface area contributed by atoms with E-state index in [1.54, 1.807) is 0 Å². The number of carbonyl (C=O) groups excluding carboxylic acids is 1. The Kier molecular flexibility index (Phi) is 8.17. The van der Waals surface area contributed by atoms with Crippen LogP contribution in [0.5, 0.6) is 0 Å². The van der Waals surface area contributed by atoms with Crippen LogP contribution in [0.1, 0.15) is 36.8 Å². The number of aliphatic hydroxyl groups is 1. The van der Waals surface area contributed by atoms with Crippen LogP contribution >= 0.6 is 0 Å². The molecule has 3 aliphatic rings. The van der Waals surface area contributed by atoms with Gasteiger partial charge in [0, 0.05) is 19.0 Å². The third-order valence-electron chi connectivity index (χ3n) is 7.15. The highest BCUT2D eigenvalue weighted by atomic mass is 16.5. The molecule has 32 heavy (non-hydrogen) atoms. The molecular weight excluding hydrogens is 402 g/mol. The number of fused-ring (bicyclic) bond motifs is 1. The molecular formula is C27H37NO4. The van der Waals surface area contributed by atoms with Gasteiger partial charge in [0.25, 0.3) is 0 Å². The van der Waals surface area contributed by atoms with Crippen LogP contribution in [-0.4, -0.2) is 61.5 Å². The topological polar surface area (TPSA) is 59.0 Å². The van der Waals surface area contributed by atoms with Crippen molar-refractivity contribution in [1.29, 1.82) is 0 Å². The van der Waals surface area contributed by atoms with Crippen molar-refractivity contribution < 1.29 is 19.4 Å². The second-order valence-electron chi connectivity index (χ2n) is 9.49. The molecule has 1 amide bonds. The van der Waals surface area contributed by atoms with Gasteiger partial charge in [-0.2, -0.15) is 0 Å². The molecule has 5 heteroatoms. The maximum absolute atomic E-state index is 12.2. The molecule has 2 aliphatic carbocycles. The largest absolute Gasteiger partial charge is 0.392 e. The number of rotatable bonds is 9. The molecule has 0 aromatic heterocycles. The van der Waals surface area contributed by atoms with Crippen molar-refractivity contribution >= 4 is 5.91 Å². The molecule has 0 bridgehead atoms. The van der Waals surface area contributed by atoms with Gasteiger partial charge in [-0.05, 0) is 56.4 Å². The van der Waals surface area contributed by atoms with Crippen LogP contribution in [0.3, 0.4) is 0 Å². The lowest BCUT2D eigenvalue weighted by Crippen LogP contribution is -2.42. The first-order valence-electron chi connectivity index (χ1n) is 12.1. The normalized spacial score (nSPS) is 27.7. The van der Waals surface area contributed by atoms with Crippen LogP contribution in [0.15, 0.2) is 48.1 Å². The van der Waals surface area contributed by atoms with Crippen molar-refractivity contribution in [2.24, 2.45) is 17.8 Å². The van der Waals surface area contributed by atoms with Gasteiger partial charge < -0.3 is 19.5 Å². The Labute approximate surface area is 192 Å². The second-order valence-corrected chi connectivity index (χ2v) is 9.49. The van der Waals surface area contributed by atoms with E-state index in [-0.39, 0.29) is 24.5 Å². The number of allylic oxidation sites excluding steroid dienone is 2. The first-order chi connectivity index (χ1) is 15.6. The smallest absolute Gasteiger partial charge is 0.248 e. The van der Waals surface area contributed by atoms with Gasteiger partial charge in [-0.1, -0.05) is 53.6 Å². The van der Waals surface area contributed by atoms with E-state index in [0.29, 0.717) is 44.7 Å². The van der Waals surface area contributed by atoms with Crippen LogP contribution in [0, 0.1) is 24.7 Å². The number of carbonyl (C=O) groups is 1. The minimum absolute atomic E-state index is 0.0598. The zero-order valence-corrected chi connectivity index (χ0v) is 19.2. The van der Waals surface area contributed by atoms with E-state index >= 15 is 0 Å². The molecule has 5 nitrogen and oxygen atoms in total. The van der Waals surface area contributed by atoms with E-state index in [1.165, 1.54) is 16.7 Å². The molecule has 174 valence electrons. The minimum Gasteiger partial charge on any atom is -0.392 e. The summed E-state index contributed by atoms with van der Waals surface area (Å²) in [5, 5.41) is 10.6. The van der Waals surface area contributed by atoms with Crippen molar-refractivity contribution in [2.75, 3.05) is 39.5 Å². The van der Waals surface area contributed by atoms with Crippen LogP contribution in [0.4, 0.5) is 0 Å². The molecule has 1 aromatic carbocycles. The third kappa shape index (κ3) is 6.09. The molecule has 0 unspecified atom stereocenters. The fraction of sp³-hybridized carbons (Fsp3) is 0.593. The average molecular weight is 440 g/mol. The number of morpholine rings is 1. The molecule has 4 rings (SSSR count). The Morgan fingerprint density at radius 3 is 2.94 bits per heavy atom. The Balaban J connectivity index is 1.17. The number of aliphatic hydroxyl groups excluding tert-OH is 1. The van der Waals surface area contributed by atoms with Crippen LogP contribution < -0.4 is 0 Å². The highest BCUT2D eigenvalue weighted by Gasteiger charge is 2.43. The Morgan fingerprint density at radius 2 is 2.12 bits per heavy atom. The zero-order chi connectivity index (χ0) is 22.3. The lowest BCUT2D eigenvalue weighted by molar-refractivity contribution is -0.140. The van der Waals surface area contributed by atoms with Gasteiger partial charge in [-0.25, -0.2) is 0 Å². The summed E-state index contributed by atoms with van der Waals surface area (Å²) in [6.07, 6.45) is 11.5. The average Bonchev–Trinajstić information content (AvgIpc) is 3.31.